The van der Waals surface area contributed by atoms with E-state index in [1.54, 1.807) is 0 Å². The van der Waals surface area contributed by atoms with E-state index in [4.69, 9.17) is 9.47 Å². The van der Waals surface area contributed by atoms with E-state index in [2.05, 4.69) is 19.6 Å². The lowest BCUT2D eigenvalue weighted by molar-refractivity contribution is -0.140. The number of ether oxygens (including phenoxy) is 2. The molecule has 1 aliphatic carbocycles. The molecule has 0 aromatic heterocycles. The third-order valence-electron chi connectivity index (χ3n) is 4.02. The Labute approximate surface area is 125 Å². The van der Waals surface area contributed by atoms with Crippen LogP contribution in [0.3, 0.4) is 0 Å². The highest BCUT2D eigenvalue weighted by Crippen LogP contribution is 2.34. The molecule has 0 N–H and O–H groups in total. The molecule has 1 fully saturated rings. The van der Waals surface area contributed by atoms with Crippen molar-refractivity contribution < 1.29 is 19.1 Å². The number of carbonyl (C=O) groups is 2. The molecule has 21 heavy (non-hydrogen) atoms. The van der Waals surface area contributed by atoms with Crippen LogP contribution in [0, 0.1) is 5.92 Å². The maximum atomic E-state index is 11.7. The van der Waals surface area contributed by atoms with Gasteiger partial charge in [0.25, 0.3) is 0 Å². The van der Waals surface area contributed by atoms with E-state index in [-0.39, 0.29) is 30.6 Å². The summed E-state index contributed by atoms with van der Waals surface area (Å²) < 4.78 is 10.5. The molecule has 4 heteroatoms. The van der Waals surface area contributed by atoms with Gasteiger partial charge in [-0.2, -0.15) is 0 Å². The molecule has 0 aromatic carbocycles. The number of hydrogen-bond acceptors (Lipinski definition) is 4. The van der Waals surface area contributed by atoms with Crippen LogP contribution in [-0.2, 0) is 19.1 Å². The molecule has 0 amide bonds. The molecular formula is C17H22O4. The largest absolute Gasteiger partial charge is 0.461 e. The zero-order valence-electron chi connectivity index (χ0n) is 12.7. The van der Waals surface area contributed by atoms with Gasteiger partial charge in [0.15, 0.2) is 0 Å². The highest BCUT2D eigenvalue weighted by molar-refractivity contribution is 5.91. The van der Waals surface area contributed by atoms with E-state index >= 15 is 0 Å². The summed E-state index contributed by atoms with van der Waals surface area (Å²) in [6, 6.07) is 0. The second-order valence-corrected chi connectivity index (χ2v) is 5.73. The van der Waals surface area contributed by atoms with Crippen molar-refractivity contribution in [3.05, 3.63) is 35.5 Å². The molecule has 2 aliphatic rings. The Morgan fingerprint density at radius 3 is 2.95 bits per heavy atom. The van der Waals surface area contributed by atoms with Gasteiger partial charge in [0.1, 0.15) is 12.7 Å². The molecule has 1 aliphatic heterocycles. The van der Waals surface area contributed by atoms with E-state index in [9.17, 15) is 9.59 Å². The molecule has 2 unspecified atom stereocenters. The smallest absolute Gasteiger partial charge is 0.334 e. The van der Waals surface area contributed by atoms with Gasteiger partial charge in [0.05, 0.1) is 0 Å². The van der Waals surface area contributed by atoms with Gasteiger partial charge in [0.2, 0.25) is 0 Å². The number of esters is 2. The number of allylic oxidation sites excluding steroid dienone is 2. The van der Waals surface area contributed by atoms with Crippen molar-refractivity contribution in [2.24, 2.45) is 5.92 Å². The van der Waals surface area contributed by atoms with Crippen molar-refractivity contribution in [1.82, 2.24) is 0 Å². The van der Waals surface area contributed by atoms with Crippen LogP contribution >= 0.6 is 0 Å². The molecule has 2 atom stereocenters. The standard InChI is InChI=1S/C17H22O4/c1-11-5-4-6-14(10-20-13(3)18)9-16-15(8-7-11)12(2)17(19)21-16/h5,9,15-16H,2,4,6-8,10H2,1,3H3/b11-5?,14-9-. The van der Waals surface area contributed by atoms with Crippen LogP contribution in [0.1, 0.15) is 39.5 Å². The van der Waals surface area contributed by atoms with E-state index in [1.807, 2.05) is 6.08 Å². The molecule has 1 heterocycles. The van der Waals surface area contributed by atoms with Crippen LogP contribution < -0.4 is 0 Å². The Bertz CT molecular complexity index is 513. The Balaban J connectivity index is 2.20. The average molecular weight is 290 g/mol. The predicted octanol–water partition coefficient (Wildman–Crippen LogP) is 3.09. The van der Waals surface area contributed by atoms with Crippen molar-refractivity contribution in [3.8, 4) is 0 Å². The highest BCUT2D eigenvalue weighted by Gasteiger charge is 2.37. The maximum Gasteiger partial charge on any atom is 0.334 e. The summed E-state index contributed by atoms with van der Waals surface area (Å²) in [7, 11) is 0. The third-order valence-corrected chi connectivity index (χ3v) is 4.02. The van der Waals surface area contributed by atoms with Crippen LogP contribution in [0.25, 0.3) is 0 Å². The van der Waals surface area contributed by atoms with Gasteiger partial charge in [-0.15, -0.1) is 0 Å². The molecule has 0 saturated carbocycles. The number of fused-ring (bicyclic) bond motifs is 1. The van der Waals surface area contributed by atoms with Crippen molar-refractivity contribution >= 4 is 11.9 Å². The fourth-order valence-electron chi connectivity index (χ4n) is 2.74. The van der Waals surface area contributed by atoms with Crippen molar-refractivity contribution in [2.45, 2.75) is 45.6 Å². The van der Waals surface area contributed by atoms with Gasteiger partial charge in [-0.3, -0.25) is 4.79 Å². The molecule has 2 rings (SSSR count). The normalized spacial score (nSPS) is 28.9. The molecule has 0 bridgehead atoms. The van der Waals surface area contributed by atoms with Gasteiger partial charge < -0.3 is 9.47 Å². The first-order valence-corrected chi connectivity index (χ1v) is 7.35. The SMILES string of the molecule is C=C1C(=O)OC2/C=C(\COC(C)=O)CCC=C(C)CCC12. The molecule has 4 nitrogen and oxygen atoms in total. The lowest BCUT2D eigenvalue weighted by Gasteiger charge is -2.18. The van der Waals surface area contributed by atoms with Crippen LogP contribution in [0.2, 0.25) is 0 Å². The van der Waals surface area contributed by atoms with Crippen LogP contribution in [-0.4, -0.2) is 24.6 Å². The first kappa shape index (κ1) is 15.5. The van der Waals surface area contributed by atoms with Gasteiger partial charge in [0, 0.05) is 18.4 Å². The lowest BCUT2D eigenvalue weighted by Crippen LogP contribution is -2.17. The van der Waals surface area contributed by atoms with E-state index in [1.165, 1.54) is 12.5 Å². The summed E-state index contributed by atoms with van der Waals surface area (Å²) in [5, 5.41) is 0. The zero-order chi connectivity index (χ0) is 15.4. The van der Waals surface area contributed by atoms with Gasteiger partial charge >= 0.3 is 11.9 Å². The van der Waals surface area contributed by atoms with Crippen LogP contribution in [0.15, 0.2) is 35.5 Å². The molecule has 1 saturated heterocycles. The Hall–Kier alpha value is -1.84. The third kappa shape index (κ3) is 4.06. The summed E-state index contributed by atoms with van der Waals surface area (Å²) in [4.78, 5) is 22.7. The molecule has 0 radical (unpaired) electrons. The van der Waals surface area contributed by atoms with Gasteiger partial charge in [-0.1, -0.05) is 18.2 Å². The zero-order valence-corrected chi connectivity index (χ0v) is 12.7. The fraction of sp³-hybridized carbons (Fsp3) is 0.529. The minimum Gasteiger partial charge on any atom is -0.461 e. The Kier molecular flexibility index (Phi) is 4.99. The summed E-state index contributed by atoms with van der Waals surface area (Å²) in [5.41, 5.74) is 2.86. The first-order valence-electron chi connectivity index (χ1n) is 7.35. The summed E-state index contributed by atoms with van der Waals surface area (Å²) in [5.74, 6) is -0.593. The highest BCUT2D eigenvalue weighted by atomic mass is 16.6. The second kappa shape index (κ2) is 6.74. The second-order valence-electron chi connectivity index (χ2n) is 5.73. The quantitative estimate of drug-likeness (QED) is 0.445. The number of rotatable bonds is 2. The van der Waals surface area contributed by atoms with Crippen molar-refractivity contribution in [3.63, 3.8) is 0 Å². The molecule has 0 aromatic rings. The van der Waals surface area contributed by atoms with E-state index < -0.39 is 0 Å². The monoisotopic (exact) mass is 290 g/mol. The Morgan fingerprint density at radius 2 is 2.24 bits per heavy atom. The number of hydrogen-bond donors (Lipinski definition) is 0. The van der Waals surface area contributed by atoms with E-state index in [0.717, 1.165) is 31.3 Å². The van der Waals surface area contributed by atoms with Crippen LogP contribution in [0.4, 0.5) is 0 Å². The Morgan fingerprint density at radius 1 is 1.48 bits per heavy atom. The van der Waals surface area contributed by atoms with Gasteiger partial charge in [-0.05, 0) is 44.3 Å². The molecule has 114 valence electrons. The van der Waals surface area contributed by atoms with Gasteiger partial charge in [-0.25, -0.2) is 4.79 Å². The summed E-state index contributed by atoms with van der Waals surface area (Å²) in [6.45, 7) is 7.62. The average Bonchev–Trinajstić information content (AvgIpc) is 2.69. The predicted molar refractivity (Wildman–Crippen MR) is 79.5 cm³/mol. The number of carbonyl (C=O) groups excluding carboxylic acids is 2. The minimum absolute atomic E-state index is 0.0197. The first-order chi connectivity index (χ1) is 9.97. The summed E-state index contributed by atoms with van der Waals surface area (Å²) >= 11 is 0. The molecule has 0 spiro atoms. The summed E-state index contributed by atoms with van der Waals surface area (Å²) in [6.07, 6.45) is 7.39. The molecular weight excluding hydrogens is 268 g/mol. The fourth-order valence-corrected chi connectivity index (χ4v) is 2.74. The minimum atomic E-state index is -0.311. The van der Waals surface area contributed by atoms with Crippen molar-refractivity contribution in [2.75, 3.05) is 6.61 Å². The van der Waals surface area contributed by atoms with E-state index in [0.29, 0.717) is 5.57 Å². The lowest BCUT2D eigenvalue weighted by atomic mass is 9.88. The van der Waals surface area contributed by atoms with Crippen LogP contribution in [0.5, 0.6) is 0 Å². The van der Waals surface area contributed by atoms with Crippen molar-refractivity contribution in [1.29, 1.82) is 0 Å². The maximum absolute atomic E-state index is 11.7. The topological polar surface area (TPSA) is 52.6 Å².